The maximum absolute atomic E-state index is 12.5. The Morgan fingerprint density at radius 1 is 1.36 bits per heavy atom. The molecule has 1 N–H and O–H groups in total. The number of hydrogen-bond acceptors (Lipinski definition) is 5. The molecule has 0 saturated carbocycles. The van der Waals surface area contributed by atoms with Crippen molar-refractivity contribution < 1.29 is 14.1 Å². The van der Waals surface area contributed by atoms with Gasteiger partial charge in [0.1, 0.15) is 0 Å². The molecule has 0 unspecified atom stereocenters. The smallest absolute Gasteiger partial charge is 0.318 e. The van der Waals surface area contributed by atoms with Crippen molar-refractivity contribution in [3.05, 3.63) is 36.2 Å². The summed E-state index contributed by atoms with van der Waals surface area (Å²) in [6, 6.07) is 9.08. The van der Waals surface area contributed by atoms with Gasteiger partial charge in [-0.25, -0.2) is 4.79 Å². The number of nitrogens with zero attached hydrogens (tertiary/aromatic N) is 3. The van der Waals surface area contributed by atoms with Crippen molar-refractivity contribution in [1.82, 2.24) is 20.4 Å². The standard InChI is InChI=1S/C18H24N4O3/c1-4-15-11-22(10-12(2)24-15)18(23)19-13(3)16-20-17(25-21-16)14-8-6-5-7-9-14/h5-9,12-13,15H,4,10-11H2,1-3H3,(H,19,23)/t12-,13-,15-/m1/s1. The van der Waals surface area contributed by atoms with Crippen molar-refractivity contribution in [2.75, 3.05) is 13.1 Å². The van der Waals surface area contributed by atoms with Crippen LogP contribution in [0.3, 0.4) is 0 Å². The summed E-state index contributed by atoms with van der Waals surface area (Å²) in [6.07, 6.45) is 1.00. The van der Waals surface area contributed by atoms with Gasteiger partial charge in [-0.05, 0) is 32.4 Å². The van der Waals surface area contributed by atoms with E-state index in [0.717, 1.165) is 12.0 Å². The number of hydrogen-bond donors (Lipinski definition) is 1. The Kier molecular flexibility index (Phi) is 5.33. The minimum Gasteiger partial charge on any atom is -0.372 e. The molecule has 2 amide bonds. The van der Waals surface area contributed by atoms with Crippen LogP contribution >= 0.6 is 0 Å². The second kappa shape index (κ2) is 7.65. The van der Waals surface area contributed by atoms with E-state index in [2.05, 4.69) is 22.4 Å². The Hall–Kier alpha value is -2.41. The third kappa shape index (κ3) is 4.17. The molecule has 1 aromatic heterocycles. The maximum atomic E-state index is 12.5. The molecule has 1 aliphatic heterocycles. The number of benzene rings is 1. The third-order valence-electron chi connectivity index (χ3n) is 4.26. The summed E-state index contributed by atoms with van der Waals surface area (Å²) in [5.41, 5.74) is 0.854. The zero-order valence-electron chi connectivity index (χ0n) is 14.8. The molecule has 0 radical (unpaired) electrons. The first-order valence-corrected chi connectivity index (χ1v) is 8.66. The van der Waals surface area contributed by atoms with Crippen LogP contribution in [-0.4, -0.2) is 46.4 Å². The summed E-state index contributed by atoms with van der Waals surface area (Å²) in [6.45, 7) is 7.07. The quantitative estimate of drug-likeness (QED) is 0.922. The number of carbonyl (C=O) groups is 1. The van der Waals surface area contributed by atoms with Crippen molar-refractivity contribution >= 4 is 6.03 Å². The van der Waals surface area contributed by atoms with E-state index in [1.54, 1.807) is 4.90 Å². The van der Waals surface area contributed by atoms with Crippen LogP contribution in [-0.2, 0) is 4.74 Å². The highest BCUT2D eigenvalue weighted by molar-refractivity contribution is 5.74. The minimum absolute atomic E-state index is 0.0367. The van der Waals surface area contributed by atoms with Crippen LogP contribution in [0.1, 0.15) is 39.1 Å². The van der Waals surface area contributed by atoms with Crippen LogP contribution in [0.15, 0.2) is 34.9 Å². The largest absolute Gasteiger partial charge is 0.372 e. The van der Waals surface area contributed by atoms with Crippen LogP contribution in [0.4, 0.5) is 4.79 Å². The number of morpholine rings is 1. The SMILES string of the molecule is CC[C@@H]1CN(C(=O)N[C@H](C)c2noc(-c3ccccc3)n2)C[C@@H](C)O1. The van der Waals surface area contributed by atoms with Crippen LogP contribution in [0.2, 0.25) is 0 Å². The predicted molar refractivity (Wildman–Crippen MR) is 92.9 cm³/mol. The first-order valence-electron chi connectivity index (χ1n) is 8.66. The molecule has 1 aromatic carbocycles. The summed E-state index contributed by atoms with van der Waals surface area (Å²) in [7, 11) is 0. The molecule has 3 rings (SSSR count). The predicted octanol–water partition coefficient (Wildman–Crippen LogP) is 3.01. The highest BCUT2D eigenvalue weighted by Crippen LogP contribution is 2.19. The van der Waals surface area contributed by atoms with E-state index in [1.165, 1.54) is 0 Å². The van der Waals surface area contributed by atoms with Gasteiger partial charge in [0.2, 0.25) is 0 Å². The minimum atomic E-state index is -0.341. The lowest BCUT2D eigenvalue weighted by atomic mass is 10.2. The van der Waals surface area contributed by atoms with Gasteiger partial charge < -0.3 is 19.5 Å². The Bertz CT molecular complexity index is 703. The van der Waals surface area contributed by atoms with Crippen molar-refractivity contribution in [3.8, 4) is 11.5 Å². The number of ether oxygens (including phenoxy) is 1. The van der Waals surface area contributed by atoms with Crippen molar-refractivity contribution in [2.45, 2.75) is 45.4 Å². The number of urea groups is 1. The Balaban J connectivity index is 1.63. The number of amides is 2. The van der Waals surface area contributed by atoms with Gasteiger partial charge in [-0.15, -0.1) is 0 Å². The van der Waals surface area contributed by atoms with Crippen molar-refractivity contribution in [3.63, 3.8) is 0 Å². The highest BCUT2D eigenvalue weighted by atomic mass is 16.5. The molecule has 7 nitrogen and oxygen atoms in total. The number of carbonyl (C=O) groups excluding carboxylic acids is 1. The molecule has 0 spiro atoms. The second-order valence-corrected chi connectivity index (χ2v) is 6.38. The van der Waals surface area contributed by atoms with Gasteiger partial charge in [0.25, 0.3) is 5.89 Å². The number of nitrogens with one attached hydrogen (secondary N) is 1. The Labute approximate surface area is 147 Å². The van der Waals surface area contributed by atoms with Gasteiger partial charge in [-0.1, -0.05) is 30.3 Å². The molecule has 7 heteroatoms. The molecule has 2 heterocycles. The van der Waals surface area contributed by atoms with Crippen LogP contribution in [0.25, 0.3) is 11.5 Å². The zero-order valence-corrected chi connectivity index (χ0v) is 14.8. The Morgan fingerprint density at radius 2 is 2.12 bits per heavy atom. The average Bonchev–Trinajstić information content (AvgIpc) is 3.12. The van der Waals surface area contributed by atoms with E-state index in [-0.39, 0.29) is 24.3 Å². The molecule has 3 atom stereocenters. The van der Waals surface area contributed by atoms with Crippen LogP contribution < -0.4 is 5.32 Å². The number of aromatic nitrogens is 2. The molecule has 1 fully saturated rings. The van der Waals surface area contributed by atoms with Gasteiger partial charge in [0.15, 0.2) is 5.82 Å². The summed E-state index contributed by atoms with van der Waals surface area (Å²) in [5, 5.41) is 6.94. The van der Waals surface area contributed by atoms with E-state index in [9.17, 15) is 4.79 Å². The molecule has 0 bridgehead atoms. The molecule has 1 aliphatic rings. The van der Waals surface area contributed by atoms with E-state index in [0.29, 0.717) is 24.8 Å². The van der Waals surface area contributed by atoms with E-state index in [1.807, 2.05) is 44.2 Å². The fourth-order valence-electron chi connectivity index (χ4n) is 2.89. The molecule has 1 saturated heterocycles. The van der Waals surface area contributed by atoms with Crippen LogP contribution in [0, 0.1) is 0 Å². The summed E-state index contributed by atoms with van der Waals surface area (Å²) < 4.78 is 11.1. The first-order chi connectivity index (χ1) is 12.1. The number of rotatable bonds is 4. The summed E-state index contributed by atoms with van der Waals surface area (Å²) in [5.74, 6) is 0.906. The fraction of sp³-hybridized carbons (Fsp3) is 0.500. The van der Waals surface area contributed by atoms with Gasteiger partial charge >= 0.3 is 6.03 Å². The highest BCUT2D eigenvalue weighted by Gasteiger charge is 2.28. The first kappa shape index (κ1) is 17.4. The lowest BCUT2D eigenvalue weighted by molar-refractivity contribution is -0.0648. The molecule has 134 valence electrons. The van der Waals surface area contributed by atoms with E-state index < -0.39 is 0 Å². The lowest BCUT2D eigenvalue weighted by Gasteiger charge is -2.36. The van der Waals surface area contributed by atoms with Gasteiger partial charge in [0, 0.05) is 18.7 Å². The molecular weight excluding hydrogens is 320 g/mol. The van der Waals surface area contributed by atoms with Crippen molar-refractivity contribution in [1.29, 1.82) is 0 Å². The van der Waals surface area contributed by atoms with Crippen molar-refractivity contribution in [2.24, 2.45) is 0 Å². The third-order valence-corrected chi connectivity index (χ3v) is 4.26. The second-order valence-electron chi connectivity index (χ2n) is 6.38. The average molecular weight is 344 g/mol. The summed E-state index contributed by atoms with van der Waals surface area (Å²) >= 11 is 0. The molecule has 2 aromatic rings. The van der Waals surface area contributed by atoms with E-state index in [4.69, 9.17) is 9.26 Å². The van der Waals surface area contributed by atoms with Crippen LogP contribution in [0.5, 0.6) is 0 Å². The molecule has 0 aliphatic carbocycles. The van der Waals surface area contributed by atoms with Gasteiger partial charge in [-0.2, -0.15) is 4.98 Å². The topological polar surface area (TPSA) is 80.5 Å². The molecular formula is C18H24N4O3. The van der Waals surface area contributed by atoms with Gasteiger partial charge in [0.05, 0.1) is 18.2 Å². The van der Waals surface area contributed by atoms with E-state index >= 15 is 0 Å². The lowest BCUT2D eigenvalue weighted by Crippen LogP contribution is -2.52. The Morgan fingerprint density at radius 3 is 2.84 bits per heavy atom. The fourth-order valence-corrected chi connectivity index (χ4v) is 2.89. The monoisotopic (exact) mass is 344 g/mol. The maximum Gasteiger partial charge on any atom is 0.318 e. The summed E-state index contributed by atoms with van der Waals surface area (Å²) in [4.78, 5) is 18.7. The zero-order chi connectivity index (χ0) is 17.8. The van der Waals surface area contributed by atoms with Gasteiger partial charge in [-0.3, -0.25) is 0 Å². The normalized spacial score (nSPS) is 21.8. The molecule has 25 heavy (non-hydrogen) atoms.